The normalized spacial score (nSPS) is 16.4. The van der Waals surface area contributed by atoms with E-state index < -0.39 is 20.6 Å². The number of hydrogen-bond donors (Lipinski definition) is 1. The van der Waals surface area contributed by atoms with Crippen molar-refractivity contribution in [3.05, 3.63) is 0 Å². The maximum atomic E-state index is 11.6. The molecule has 1 atom stereocenters. The van der Waals surface area contributed by atoms with Crippen molar-refractivity contribution in [2.75, 3.05) is 6.26 Å². The SMILES string of the molecule is CCC(CCC(C)(C(=O)OCl)S(C)(=O)=O)=NO. The topological polar surface area (TPSA) is 93.0 Å². The van der Waals surface area contributed by atoms with Gasteiger partial charge >= 0.3 is 5.97 Å². The van der Waals surface area contributed by atoms with Crippen molar-refractivity contribution in [3.8, 4) is 0 Å². The summed E-state index contributed by atoms with van der Waals surface area (Å²) >= 11 is 4.93. The van der Waals surface area contributed by atoms with Crippen molar-refractivity contribution in [3.63, 3.8) is 0 Å². The van der Waals surface area contributed by atoms with Crippen LogP contribution in [0.4, 0.5) is 0 Å². The molecule has 0 saturated heterocycles. The first-order valence-corrected chi connectivity index (χ1v) is 7.15. The van der Waals surface area contributed by atoms with E-state index >= 15 is 0 Å². The van der Waals surface area contributed by atoms with Gasteiger partial charge < -0.3 is 9.50 Å². The minimum atomic E-state index is -3.68. The van der Waals surface area contributed by atoms with Crippen LogP contribution in [0.25, 0.3) is 0 Å². The van der Waals surface area contributed by atoms with Crippen LogP contribution in [-0.2, 0) is 18.9 Å². The van der Waals surface area contributed by atoms with Gasteiger partial charge in [-0.15, -0.1) is 0 Å². The second-order valence-electron chi connectivity index (χ2n) is 3.89. The van der Waals surface area contributed by atoms with Crippen LogP contribution in [0.1, 0.15) is 33.1 Å². The maximum absolute atomic E-state index is 11.6. The molecule has 0 rings (SSSR count). The molecule has 0 amide bonds. The average Bonchev–Trinajstić information content (AvgIpc) is 2.27. The summed E-state index contributed by atoms with van der Waals surface area (Å²) in [4.78, 5) is 11.4. The second-order valence-corrected chi connectivity index (χ2v) is 6.49. The molecule has 0 spiro atoms. The molecule has 1 N–H and O–H groups in total. The van der Waals surface area contributed by atoms with Crippen LogP contribution in [0.2, 0.25) is 0 Å². The van der Waals surface area contributed by atoms with Crippen molar-refractivity contribution >= 4 is 33.4 Å². The smallest absolute Gasteiger partial charge is 0.345 e. The third-order valence-corrected chi connectivity index (χ3v) is 4.91. The Morgan fingerprint density at radius 2 is 2.06 bits per heavy atom. The minimum absolute atomic E-state index is 0.0510. The number of carbonyl (C=O) groups excluding carboxylic acids is 1. The Morgan fingerprint density at radius 3 is 2.35 bits per heavy atom. The van der Waals surface area contributed by atoms with E-state index in [9.17, 15) is 13.2 Å². The Kier molecular flexibility index (Phi) is 5.91. The van der Waals surface area contributed by atoms with Crippen LogP contribution >= 0.6 is 11.9 Å². The van der Waals surface area contributed by atoms with Gasteiger partial charge in [0.05, 0.1) is 5.71 Å². The largest absolute Gasteiger partial charge is 0.411 e. The molecule has 8 heteroatoms. The van der Waals surface area contributed by atoms with Crippen molar-refractivity contribution in [1.29, 1.82) is 0 Å². The van der Waals surface area contributed by atoms with Crippen molar-refractivity contribution in [2.24, 2.45) is 5.16 Å². The fourth-order valence-corrected chi connectivity index (χ4v) is 2.23. The molecule has 0 aromatic carbocycles. The third-order valence-electron chi connectivity index (χ3n) is 2.76. The van der Waals surface area contributed by atoms with Gasteiger partial charge in [-0.05, 0) is 26.2 Å². The van der Waals surface area contributed by atoms with Gasteiger partial charge in [0.2, 0.25) is 0 Å². The minimum Gasteiger partial charge on any atom is -0.411 e. The van der Waals surface area contributed by atoms with E-state index in [4.69, 9.17) is 17.1 Å². The van der Waals surface area contributed by atoms with E-state index in [0.29, 0.717) is 12.1 Å². The van der Waals surface area contributed by atoms with E-state index in [2.05, 4.69) is 9.45 Å². The van der Waals surface area contributed by atoms with Gasteiger partial charge in [-0.25, -0.2) is 13.2 Å². The molecule has 6 nitrogen and oxygen atoms in total. The van der Waals surface area contributed by atoms with Gasteiger partial charge in [0.15, 0.2) is 14.6 Å². The van der Waals surface area contributed by atoms with E-state index in [1.807, 2.05) is 0 Å². The first-order chi connectivity index (χ1) is 7.72. The van der Waals surface area contributed by atoms with Gasteiger partial charge in [-0.3, -0.25) is 0 Å². The number of rotatable bonds is 6. The quantitative estimate of drug-likeness (QED) is 0.453. The third kappa shape index (κ3) is 3.85. The summed E-state index contributed by atoms with van der Waals surface area (Å²) in [5.41, 5.74) is 0.405. The number of hydrogen-bond acceptors (Lipinski definition) is 6. The van der Waals surface area contributed by atoms with Gasteiger partial charge in [0.1, 0.15) is 11.9 Å². The highest BCUT2D eigenvalue weighted by Gasteiger charge is 2.45. The molecule has 0 bridgehead atoms. The zero-order chi connectivity index (χ0) is 13.7. The number of oxime groups is 1. The number of sulfone groups is 1. The molecule has 0 aromatic heterocycles. The molecule has 1 unspecified atom stereocenters. The summed E-state index contributed by atoms with van der Waals surface area (Å²) in [6.07, 6.45) is 1.52. The second kappa shape index (κ2) is 6.20. The summed E-state index contributed by atoms with van der Waals surface area (Å²) in [6, 6.07) is 0. The van der Waals surface area contributed by atoms with E-state index in [1.54, 1.807) is 6.92 Å². The maximum Gasteiger partial charge on any atom is 0.345 e. The zero-order valence-electron chi connectivity index (χ0n) is 9.93. The monoisotopic (exact) mass is 285 g/mol. The summed E-state index contributed by atoms with van der Waals surface area (Å²) in [5, 5.41) is 11.6. The lowest BCUT2D eigenvalue weighted by Gasteiger charge is -2.23. The highest BCUT2D eigenvalue weighted by molar-refractivity contribution is 7.92. The summed E-state index contributed by atoms with van der Waals surface area (Å²) in [5.74, 6) is -1.03. The Morgan fingerprint density at radius 1 is 1.53 bits per heavy atom. The summed E-state index contributed by atoms with van der Waals surface area (Å²) in [6.45, 7) is 2.99. The first kappa shape index (κ1) is 16.2. The Bertz CT molecular complexity index is 406. The fraction of sp³-hybridized carbons (Fsp3) is 0.778. The van der Waals surface area contributed by atoms with Crippen LogP contribution < -0.4 is 0 Å². The molecule has 0 heterocycles. The van der Waals surface area contributed by atoms with Crippen LogP contribution in [0.5, 0.6) is 0 Å². The van der Waals surface area contributed by atoms with Crippen LogP contribution in [0, 0.1) is 0 Å². The van der Waals surface area contributed by atoms with Gasteiger partial charge in [-0.2, -0.15) is 0 Å². The average molecular weight is 286 g/mol. The van der Waals surface area contributed by atoms with E-state index in [-0.39, 0.29) is 12.8 Å². The molecule has 0 radical (unpaired) electrons. The lowest BCUT2D eigenvalue weighted by Crippen LogP contribution is -2.43. The summed E-state index contributed by atoms with van der Waals surface area (Å²) < 4.78 is 25.4. The zero-order valence-corrected chi connectivity index (χ0v) is 11.5. The molecule has 17 heavy (non-hydrogen) atoms. The van der Waals surface area contributed by atoms with Crippen LogP contribution in [-0.4, -0.2) is 36.3 Å². The molecule has 0 aromatic rings. The highest BCUT2D eigenvalue weighted by Crippen LogP contribution is 2.25. The van der Waals surface area contributed by atoms with Crippen molar-refractivity contribution in [1.82, 2.24) is 0 Å². The lowest BCUT2D eigenvalue weighted by molar-refractivity contribution is -0.136. The number of nitrogens with zero attached hydrogens (tertiary/aromatic N) is 1. The molecular weight excluding hydrogens is 270 g/mol. The lowest BCUT2D eigenvalue weighted by atomic mass is 10.0. The van der Waals surface area contributed by atoms with Crippen molar-refractivity contribution < 1.29 is 22.7 Å². The Hall–Kier alpha value is -0.820. The number of halogens is 1. The molecule has 0 aliphatic carbocycles. The molecular formula is C9H16ClNO5S. The van der Waals surface area contributed by atoms with Gasteiger partial charge in [0, 0.05) is 6.26 Å². The van der Waals surface area contributed by atoms with Crippen LogP contribution in [0.3, 0.4) is 0 Å². The fourth-order valence-electron chi connectivity index (χ4n) is 1.20. The standard InChI is InChI=1S/C9H16ClNO5S/c1-4-7(11-13)5-6-9(2,8(12)16-10)17(3,14)15/h13H,4-6H2,1-3H3. The molecule has 0 aliphatic heterocycles. The van der Waals surface area contributed by atoms with E-state index in [0.717, 1.165) is 6.26 Å². The Labute approximate surface area is 106 Å². The number of carbonyl (C=O) groups is 1. The Balaban J connectivity index is 5.06. The predicted molar refractivity (Wildman–Crippen MR) is 63.9 cm³/mol. The van der Waals surface area contributed by atoms with Gasteiger partial charge in [0.25, 0.3) is 0 Å². The van der Waals surface area contributed by atoms with Crippen LogP contribution in [0.15, 0.2) is 5.16 Å². The van der Waals surface area contributed by atoms with Gasteiger partial charge in [-0.1, -0.05) is 12.1 Å². The molecule has 0 saturated carbocycles. The molecule has 100 valence electrons. The molecule has 0 fully saturated rings. The molecule has 0 aliphatic rings. The summed E-state index contributed by atoms with van der Waals surface area (Å²) in [7, 11) is -3.68. The highest BCUT2D eigenvalue weighted by atomic mass is 35.5. The predicted octanol–water partition coefficient (Wildman–Crippen LogP) is 1.51. The van der Waals surface area contributed by atoms with E-state index in [1.165, 1.54) is 6.92 Å². The van der Waals surface area contributed by atoms with Crippen molar-refractivity contribution in [2.45, 2.75) is 37.9 Å². The first-order valence-electron chi connectivity index (χ1n) is 4.95.